The molecular formula is C24H35N3O2. The van der Waals surface area contributed by atoms with Crippen molar-refractivity contribution in [3.8, 4) is 0 Å². The summed E-state index contributed by atoms with van der Waals surface area (Å²) in [5, 5.41) is 0. The molecule has 0 N–H and O–H groups in total. The maximum atomic E-state index is 13.3. The Morgan fingerprint density at radius 2 is 1.93 bits per heavy atom. The Morgan fingerprint density at radius 1 is 1.17 bits per heavy atom. The second kappa shape index (κ2) is 8.10. The van der Waals surface area contributed by atoms with Crippen LogP contribution in [0.1, 0.15) is 42.4 Å². The molecule has 0 aliphatic carbocycles. The lowest BCUT2D eigenvalue weighted by Crippen LogP contribution is -2.67. The molecule has 1 aromatic carbocycles. The fourth-order valence-corrected chi connectivity index (χ4v) is 5.85. The van der Waals surface area contributed by atoms with Gasteiger partial charge < -0.3 is 14.7 Å². The van der Waals surface area contributed by atoms with Crippen LogP contribution in [0.15, 0.2) is 18.2 Å². The van der Waals surface area contributed by atoms with Gasteiger partial charge in [-0.15, -0.1) is 0 Å². The summed E-state index contributed by atoms with van der Waals surface area (Å²) in [6, 6.07) is 6.91. The van der Waals surface area contributed by atoms with Crippen LogP contribution in [0.4, 0.5) is 0 Å². The lowest BCUT2D eigenvalue weighted by atomic mass is 9.72. The van der Waals surface area contributed by atoms with Crippen LogP contribution >= 0.6 is 0 Å². The van der Waals surface area contributed by atoms with Crippen molar-refractivity contribution in [3.63, 3.8) is 0 Å². The van der Waals surface area contributed by atoms with Gasteiger partial charge in [-0.25, -0.2) is 0 Å². The van der Waals surface area contributed by atoms with Crippen LogP contribution in [0.5, 0.6) is 0 Å². The highest BCUT2D eigenvalue weighted by molar-refractivity contribution is 5.80. The third kappa shape index (κ3) is 4.07. The number of hydrogen-bond donors (Lipinski definition) is 0. The molecule has 1 aromatic rings. The van der Waals surface area contributed by atoms with Gasteiger partial charge in [0.1, 0.15) is 0 Å². The maximum Gasteiger partial charge on any atom is 0.227 e. The van der Waals surface area contributed by atoms with Gasteiger partial charge in [-0.2, -0.15) is 0 Å². The molecule has 0 spiro atoms. The zero-order valence-electron chi connectivity index (χ0n) is 18.4. The van der Waals surface area contributed by atoms with E-state index in [1.54, 1.807) is 0 Å². The molecule has 2 bridgehead atoms. The number of carbonyl (C=O) groups is 2. The van der Waals surface area contributed by atoms with Gasteiger partial charge in [0.15, 0.2) is 0 Å². The average Bonchev–Trinajstić information content (AvgIpc) is 2.67. The van der Waals surface area contributed by atoms with Crippen LogP contribution < -0.4 is 0 Å². The second-order valence-corrected chi connectivity index (χ2v) is 9.75. The maximum absolute atomic E-state index is 13.3. The Kier molecular flexibility index (Phi) is 5.69. The fraction of sp³-hybridized carbons (Fsp3) is 0.667. The Morgan fingerprint density at radius 3 is 2.69 bits per heavy atom. The molecule has 3 saturated heterocycles. The Balaban J connectivity index is 1.54. The zero-order valence-corrected chi connectivity index (χ0v) is 18.4. The van der Waals surface area contributed by atoms with E-state index in [1.807, 2.05) is 0 Å². The van der Waals surface area contributed by atoms with Crippen LogP contribution in [-0.2, 0) is 16.0 Å². The van der Waals surface area contributed by atoms with E-state index < -0.39 is 0 Å². The molecule has 0 radical (unpaired) electrons. The van der Waals surface area contributed by atoms with Crippen molar-refractivity contribution in [1.82, 2.24) is 14.7 Å². The number of likely N-dealkylation sites (N-methyl/N-ethyl adjacent to an activating group) is 1. The van der Waals surface area contributed by atoms with Crippen molar-refractivity contribution >= 4 is 11.8 Å². The quantitative estimate of drug-likeness (QED) is 0.785. The van der Waals surface area contributed by atoms with Crippen LogP contribution in [0, 0.1) is 25.7 Å². The molecule has 158 valence electrons. The van der Waals surface area contributed by atoms with Gasteiger partial charge in [0.2, 0.25) is 11.8 Å². The second-order valence-electron chi connectivity index (χ2n) is 9.75. The molecule has 5 heteroatoms. The van der Waals surface area contributed by atoms with E-state index in [-0.39, 0.29) is 11.9 Å². The van der Waals surface area contributed by atoms with Crippen molar-refractivity contribution < 1.29 is 9.59 Å². The largest absolute Gasteiger partial charge is 0.342 e. The molecule has 2 amide bonds. The number of aryl methyl sites for hydroxylation is 2. The normalized spacial score (nSPS) is 29.2. The third-order valence-electron chi connectivity index (χ3n) is 7.25. The first-order valence-corrected chi connectivity index (χ1v) is 11.1. The number of nitrogens with zero attached hydrogens (tertiary/aromatic N) is 3. The first-order valence-electron chi connectivity index (χ1n) is 11.1. The van der Waals surface area contributed by atoms with E-state index in [9.17, 15) is 9.59 Å². The summed E-state index contributed by atoms with van der Waals surface area (Å²) in [5.74, 6) is 1.39. The van der Waals surface area contributed by atoms with Gasteiger partial charge in [0.25, 0.3) is 0 Å². The molecule has 3 aliphatic rings. The average molecular weight is 398 g/mol. The van der Waals surface area contributed by atoms with Gasteiger partial charge in [0.05, 0.1) is 6.42 Å². The molecule has 4 rings (SSSR count). The Hall–Kier alpha value is -1.88. The number of likely N-dealkylation sites (tertiary alicyclic amines) is 1. The highest BCUT2D eigenvalue weighted by atomic mass is 16.2. The molecule has 3 aliphatic heterocycles. The van der Waals surface area contributed by atoms with E-state index in [1.165, 1.54) is 11.1 Å². The number of piperidine rings is 3. The zero-order chi connectivity index (χ0) is 20.7. The van der Waals surface area contributed by atoms with Gasteiger partial charge in [-0.3, -0.25) is 9.59 Å². The van der Waals surface area contributed by atoms with E-state index >= 15 is 0 Å². The summed E-state index contributed by atoms with van der Waals surface area (Å²) < 4.78 is 0. The third-order valence-corrected chi connectivity index (χ3v) is 7.25. The molecule has 0 unspecified atom stereocenters. The number of amides is 2. The van der Waals surface area contributed by atoms with Crippen molar-refractivity contribution in [2.45, 2.75) is 58.0 Å². The SMILES string of the molecule is Cc1ccc(C)c(CC(=O)N2C[C@H]3C[C@@H](C2)[C@H](CN(C)C)N2C(=O)CCC[C@@H]32)c1. The number of rotatable bonds is 4. The Labute approximate surface area is 175 Å². The number of fused-ring (bicyclic) bond motifs is 4. The standard InChI is InChI=1S/C24H35N3O2/c1-16-8-9-17(2)18(10-16)12-24(29)26-13-19-11-20(14-26)22(15-25(3)4)27-21(19)6-5-7-23(27)28/h8-10,19-22H,5-7,11-15H2,1-4H3/t19-,20+,21+,22+/m1/s1. The summed E-state index contributed by atoms with van der Waals surface area (Å²) in [4.78, 5) is 32.6. The molecule has 0 aromatic heterocycles. The monoisotopic (exact) mass is 397 g/mol. The summed E-state index contributed by atoms with van der Waals surface area (Å²) in [5.41, 5.74) is 3.54. The van der Waals surface area contributed by atoms with Crippen molar-refractivity contribution in [3.05, 3.63) is 34.9 Å². The van der Waals surface area contributed by atoms with Crippen LogP contribution in [-0.4, -0.2) is 72.3 Å². The van der Waals surface area contributed by atoms with Crippen molar-refractivity contribution in [2.24, 2.45) is 11.8 Å². The van der Waals surface area contributed by atoms with Gasteiger partial charge in [0, 0.05) is 38.1 Å². The van der Waals surface area contributed by atoms with E-state index in [4.69, 9.17) is 0 Å². The predicted molar refractivity (Wildman–Crippen MR) is 115 cm³/mol. The van der Waals surface area contributed by atoms with Gasteiger partial charge >= 0.3 is 0 Å². The van der Waals surface area contributed by atoms with Gasteiger partial charge in [-0.1, -0.05) is 23.8 Å². The van der Waals surface area contributed by atoms with Crippen LogP contribution in [0.25, 0.3) is 0 Å². The number of benzene rings is 1. The van der Waals surface area contributed by atoms with E-state index in [0.717, 1.165) is 44.5 Å². The summed E-state index contributed by atoms with van der Waals surface area (Å²) in [6.45, 7) is 6.65. The minimum absolute atomic E-state index is 0.232. The minimum atomic E-state index is 0.232. The van der Waals surface area contributed by atoms with Crippen molar-refractivity contribution in [1.29, 1.82) is 0 Å². The first-order chi connectivity index (χ1) is 13.8. The highest BCUT2D eigenvalue weighted by Gasteiger charge is 2.49. The molecule has 5 nitrogen and oxygen atoms in total. The smallest absolute Gasteiger partial charge is 0.227 e. The first kappa shape index (κ1) is 20.4. The van der Waals surface area contributed by atoms with Crippen molar-refractivity contribution in [2.75, 3.05) is 33.7 Å². The summed E-state index contributed by atoms with van der Waals surface area (Å²) in [6.07, 6.45) is 4.41. The minimum Gasteiger partial charge on any atom is -0.342 e. The molecule has 3 heterocycles. The highest BCUT2D eigenvalue weighted by Crippen LogP contribution is 2.41. The molecule has 0 saturated carbocycles. The topological polar surface area (TPSA) is 43.9 Å². The van der Waals surface area contributed by atoms with Crippen LogP contribution in [0.3, 0.4) is 0 Å². The number of hydrogen-bond acceptors (Lipinski definition) is 3. The predicted octanol–water partition coefficient (Wildman–Crippen LogP) is 2.64. The summed E-state index contributed by atoms with van der Waals surface area (Å²) >= 11 is 0. The van der Waals surface area contributed by atoms with Crippen LogP contribution in [0.2, 0.25) is 0 Å². The molecule has 3 fully saturated rings. The fourth-order valence-electron chi connectivity index (χ4n) is 5.85. The lowest BCUT2D eigenvalue weighted by molar-refractivity contribution is -0.156. The Bertz CT molecular complexity index is 790. The molecular weight excluding hydrogens is 362 g/mol. The summed E-state index contributed by atoms with van der Waals surface area (Å²) in [7, 11) is 4.17. The molecule has 4 atom stereocenters. The number of carbonyl (C=O) groups excluding carboxylic acids is 2. The van der Waals surface area contributed by atoms with E-state index in [2.05, 4.69) is 60.8 Å². The molecule has 29 heavy (non-hydrogen) atoms. The lowest BCUT2D eigenvalue weighted by Gasteiger charge is -2.57. The van der Waals surface area contributed by atoms with Gasteiger partial charge in [-0.05, 0) is 70.2 Å². The van der Waals surface area contributed by atoms with E-state index in [0.29, 0.717) is 36.6 Å².